The van der Waals surface area contributed by atoms with Crippen LogP contribution in [0.2, 0.25) is 0 Å². The Hall–Kier alpha value is -2.32. The van der Waals surface area contributed by atoms with Gasteiger partial charge in [0.2, 0.25) is 0 Å². The van der Waals surface area contributed by atoms with Crippen molar-refractivity contribution in [3.8, 4) is 5.75 Å². The third-order valence-electron chi connectivity index (χ3n) is 4.75. The number of hydrogen-bond acceptors (Lipinski definition) is 2. The van der Waals surface area contributed by atoms with Crippen molar-refractivity contribution in [2.75, 3.05) is 7.05 Å². The summed E-state index contributed by atoms with van der Waals surface area (Å²) in [5, 5.41) is 6.05. The van der Waals surface area contributed by atoms with E-state index in [1.165, 1.54) is 27.5 Å². The van der Waals surface area contributed by atoms with Gasteiger partial charge in [0.1, 0.15) is 12.4 Å². The lowest BCUT2D eigenvalue weighted by Crippen LogP contribution is -2.32. The van der Waals surface area contributed by atoms with Crippen LogP contribution in [0.1, 0.15) is 16.7 Å². The highest BCUT2D eigenvalue weighted by molar-refractivity contribution is 5.94. The topological polar surface area (TPSA) is 21.3 Å². The maximum absolute atomic E-state index is 6.12. The van der Waals surface area contributed by atoms with E-state index in [1.807, 2.05) is 25.2 Å². The quantitative estimate of drug-likeness (QED) is 0.783. The van der Waals surface area contributed by atoms with Gasteiger partial charge in [-0.25, -0.2) is 0 Å². The van der Waals surface area contributed by atoms with Crippen molar-refractivity contribution in [3.63, 3.8) is 0 Å². The molecule has 1 aliphatic carbocycles. The first-order valence-corrected chi connectivity index (χ1v) is 8.22. The molecule has 1 unspecified atom stereocenters. The van der Waals surface area contributed by atoms with Crippen molar-refractivity contribution >= 4 is 10.8 Å². The maximum atomic E-state index is 6.12. The summed E-state index contributed by atoms with van der Waals surface area (Å²) in [5.74, 6) is 0.984. The Morgan fingerprint density at radius 1 is 0.913 bits per heavy atom. The zero-order valence-corrected chi connectivity index (χ0v) is 13.4. The summed E-state index contributed by atoms with van der Waals surface area (Å²) in [7, 11) is 2.05. The highest BCUT2D eigenvalue weighted by atomic mass is 16.5. The van der Waals surface area contributed by atoms with Gasteiger partial charge >= 0.3 is 0 Å². The second kappa shape index (κ2) is 6.05. The lowest BCUT2D eigenvalue weighted by atomic mass is 9.85. The standard InChI is InChI=1S/C21H21NO/c1-22-18-12-16-8-5-9-19-20(11-10-17(13-18)21(16)19)23-14-15-6-3-2-4-7-15/h2-11,18,22H,12-14H2,1H3. The van der Waals surface area contributed by atoms with Gasteiger partial charge in [-0.3, -0.25) is 0 Å². The second-order valence-corrected chi connectivity index (χ2v) is 6.23. The molecule has 0 spiro atoms. The molecule has 2 nitrogen and oxygen atoms in total. The van der Waals surface area contributed by atoms with Crippen LogP contribution in [0.15, 0.2) is 60.7 Å². The lowest BCUT2D eigenvalue weighted by Gasteiger charge is -2.25. The van der Waals surface area contributed by atoms with Crippen LogP contribution >= 0.6 is 0 Å². The van der Waals surface area contributed by atoms with Crippen molar-refractivity contribution in [1.82, 2.24) is 5.32 Å². The summed E-state index contributed by atoms with van der Waals surface area (Å²) < 4.78 is 6.12. The minimum absolute atomic E-state index is 0.532. The first kappa shape index (κ1) is 14.3. The molecular weight excluding hydrogens is 282 g/mol. The van der Waals surface area contributed by atoms with E-state index in [9.17, 15) is 0 Å². The Morgan fingerprint density at radius 3 is 2.48 bits per heavy atom. The Bertz CT molecular complexity index is 814. The summed E-state index contributed by atoms with van der Waals surface area (Å²) in [6.07, 6.45) is 2.17. The largest absolute Gasteiger partial charge is 0.488 e. The van der Waals surface area contributed by atoms with E-state index >= 15 is 0 Å². The van der Waals surface area contributed by atoms with Gasteiger partial charge in [-0.2, -0.15) is 0 Å². The Balaban J connectivity index is 1.69. The Labute approximate surface area is 137 Å². The van der Waals surface area contributed by atoms with Crippen molar-refractivity contribution in [2.24, 2.45) is 0 Å². The van der Waals surface area contributed by atoms with E-state index in [0.717, 1.165) is 18.6 Å². The van der Waals surface area contributed by atoms with Crippen LogP contribution in [0, 0.1) is 0 Å². The van der Waals surface area contributed by atoms with Crippen LogP contribution in [0.25, 0.3) is 10.8 Å². The molecule has 116 valence electrons. The molecule has 1 atom stereocenters. The van der Waals surface area contributed by atoms with Crippen molar-refractivity contribution in [1.29, 1.82) is 0 Å². The predicted octanol–water partition coefficient (Wildman–Crippen LogP) is 4.11. The number of hydrogen-bond donors (Lipinski definition) is 1. The number of likely N-dealkylation sites (N-methyl/N-ethyl adjacent to an activating group) is 1. The molecule has 4 rings (SSSR count). The van der Waals surface area contributed by atoms with Crippen LogP contribution in [0.5, 0.6) is 5.75 Å². The summed E-state index contributed by atoms with van der Waals surface area (Å²) in [4.78, 5) is 0. The van der Waals surface area contributed by atoms with E-state index in [0.29, 0.717) is 12.6 Å². The summed E-state index contributed by atoms with van der Waals surface area (Å²) in [6, 6.07) is 21.8. The average molecular weight is 303 g/mol. The van der Waals surface area contributed by atoms with Crippen molar-refractivity contribution < 1.29 is 4.74 Å². The molecular formula is C21H21NO. The molecule has 0 aromatic heterocycles. The van der Waals surface area contributed by atoms with Gasteiger partial charge in [0.25, 0.3) is 0 Å². The van der Waals surface area contributed by atoms with Gasteiger partial charge in [0.15, 0.2) is 0 Å². The van der Waals surface area contributed by atoms with E-state index < -0.39 is 0 Å². The fourth-order valence-corrected chi connectivity index (χ4v) is 3.54. The van der Waals surface area contributed by atoms with Crippen LogP contribution in [0.4, 0.5) is 0 Å². The predicted molar refractivity (Wildman–Crippen MR) is 95.0 cm³/mol. The number of ether oxygens (including phenoxy) is 1. The Kier molecular flexibility index (Phi) is 3.76. The number of nitrogens with one attached hydrogen (secondary N) is 1. The highest BCUT2D eigenvalue weighted by Gasteiger charge is 2.20. The molecule has 0 aliphatic heterocycles. The zero-order chi connectivity index (χ0) is 15.6. The van der Waals surface area contributed by atoms with Gasteiger partial charge in [0.05, 0.1) is 0 Å². The fraction of sp³-hybridized carbons (Fsp3) is 0.238. The lowest BCUT2D eigenvalue weighted by molar-refractivity contribution is 0.310. The Morgan fingerprint density at radius 2 is 1.70 bits per heavy atom. The first-order valence-electron chi connectivity index (χ1n) is 8.22. The molecule has 0 saturated heterocycles. The van der Waals surface area contributed by atoms with Crippen LogP contribution in [-0.4, -0.2) is 13.1 Å². The zero-order valence-electron chi connectivity index (χ0n) is 13.4. The van der Waals surface area contributed by atoms with E-state index in [2.05, 4.69) is 47.8 Å². The molecule has 0 heterocycles. The van der Waals surface area contributed by atoms with E-state index in [4.69, 9.17) is 4.74 Å². The molecule has 2 heteroatoms. The van der Waals surface area contributed by atoms with Gasteiger partial charge in [0, 0.05) is 11.4 Å². The van der Waals surface area contributed by atoms with Gasteiger partial charge < -0.3 is 10.1 Å². The second-order valence-electron chi connectivity index (χ2n) is 6.23. The fourth-order valence-electron chi connectivity index (χ4n) is 3.54. The minimum atomic E-state index is 0.532. The van der Waals surface area contributed by atoms with Crippen molar-refractivity contribution in [2.45, 2.75) is 25.5 Å². The summed E-state index contributed by atoms with van der Waals surface area (Å²) in [6.45, 7) is 0.610. The molecule has 3 aromatic carbocycles. The molecule has 3 aromatic rings. The molecule has 23 heavy (non-hydrogen) atoms. The monoisotopic (exact) mass is 303 g/mol. The molecule has 0 saturated carbocycles. The van der Waals surface area contributed by atoms with Gasteiger partial charge in [-0.15, -0.1) is 0 Å². The SMILES string of the molecule is CNC1Cc2cccc3c(OCc4ccccc4)ccc(c23)C1. The number of benzene rings is 3. The molecule has 0 fully saturated rings. The third-order valence-corrected chi connectivity index (χ3v) is 4.75. The van der Waals surface area contributed by atoms with Crippen LogP contribution in [-0.2, 0) is 19.4 Å². The van der Waals surface area contributed by atoms with E-state index in [1.54, 1.807) is 0 Å². The van der Waals surface area contributed by atoms with E-state index in [-0.39, 0.29) is 0 Å². The van der Waals surface area contributed by atoms with Crippen LogP contribution < -0.4 is 10.1 Å². The molecule has 0 radical (unpaired) electrons. The number of rotatable bonds is 4. The minimum Gasteiger partial charge on any atom is -0.488 e. The van der Waals surface area contributed by atoms with Gasteiger partial charge in [-0.05, 0) is 48.0 Å². The summed E-state index contributed by atoms with van der Waals surface area (Å²) in [5.41, 5.74) is 4.05. The highest BCUT2D eigenvalue weighted by Crippen LogP contribution is 2.35. The maximum Gasteiger partial charge on any atom is 0.127 e. The molecule has 1 N–H and O–H groups in total. The van der Waals surface area contributed by atoms with Crippen molar-refractivity contribution in [3.05, 3.63) is 77.4 Å². The first-order chi connectivity index (χ1) is 11.3. The molecule has 0 amide bonds. The smallest absolute Gasteiger partial charge is 0.127 e. The van der Waals surface area contributed by atoms with Gasteiger partial charge in [-0.1, -0.05) is 54.6 Å². The average Bonchev–Trinajstić information content (AvgIpc) is 2.62. The van der Waals surface area contributed by atoms with Crippen LogP contribution in [0.3, 0.4) is 0 Å². The normalized spacial score (nSPS) is 16.5. The third kappa shape index (κ3) is 2.71. The molecule has 1 aliphatic rings. The molecule has 0 bridgehead atoms. The summed E-state index contributed by atoms with van der Waals surface area (Å²) >= 11 is 0.